The number of hydrogen-bond donors (Lipinski definition) is 0. The zero-order valence-electron chi connectivity index (χ0n) is 12.1. The Morgan fingerprint density at radius 1 is 1.30 bits per heavy atom. The zero-order chi connectivity index (χ0) is 14.1. The predicted molar refractivity (Wildman–Crippen MR) is 89.6 cm³/mol. The van der Waals surface area contributed by atoms with Crippen LogP contribution in [-0.4, -0.2) is 17.6 Å². The minimum atomic E-state index is 0.659. The highest BCUT2D eigenvalue weighted by Crippen LogP contribution is 2.35. The van der Waals surface area contributed by atoms with Gasteiger partial charge in [-0.25, -0.2) is 4.98 Å². The van der Waals surface area contributed by atoms with Gasteiger partial charge in [-0.1, -0.05) is 48.0 Å². The lowest BCUT2D eigenvalue weighted by Crippen LogP contribution is -2.31. The van der Waals surface area contributed by atoms with Gasteiger partial charge in [-0.2, -0.15) is 0 Å². The van der Waals surface area contributed by atoms with E-state index in [0.29, 0.717) is 12.0 Å². The van der Waals surface area contributed by atoms with Crippen molar-refractivity contribution in [3.8, 4) is 0 Å². The van der Waals surface area contributed by atoms with Gasteiger partial charge < -0.3 is 4.90 Å². The number of nitrogens with zero attached hydrogens (tertiary/aromatic N) is 2. The van der Waals surface area contributed by atoms with Crippen LogP contribution in [0, 0.1) is 5.92 Å². The van der Waals surface area contributed by atoms with Gasteiger partial charge in [0.15, 0.2) is 0 Å². The van der Waals surface area contributed by atoms with Crippen LogP contribution in [-0.2, 0) is 5.33 Å². The van der Waals surface area contributed by atoms with Gasteiger partial charge in [-0.05, 0) is 30.9 Å². The lowest BCUT2D eigenvalue weighted by molar-refractivity contribution is 0.602. The van der Waals surface area contributed by atoms with E-state index in [9.17, 15) is 0 Å². The average molecular weight is 333 g/mol. The van der Waals surface area contributed by atoms with Gasteiger partial charge in [0.2, 0.25) is 0 Å². The number of aromatic nitrogens is 1. The van der Waals surface area contributed by atoms with Gasteiger partial charge in [-0.3, -0.25) is 0 Å². The highest BCUT2D eigenvalue weighted by atomic mass is 79.9. The van der Waals surface area contributed by atoms with Crippen LogP contribution in [0.4, 0.5) is 5.82 Å². The van der Waals surface area contributed by atoms with E-state index in [1.54, 1.807) is 0 Å². The molecule has 0 aliphatic heterocycles. The van der Waals surface area contributed by atoms with Crippen LogP contribution in [0.3, 0.4) is 0 Å². The molecular weight excluding hydrogens is 312 g/mol. The van der Waals surface area contributed by atoms with Gasteiger partial charge in [0, 0.05) is 28.9 Å². The molecule has 1 saturated carbocycles. The number of anilines is 1. The molecule has 2 nitrogen and oxygen atoms in total. The molecule has 0 saturated heterocycles. The molecule has 0 spiro atoms. The van der Waals surface area contributed by atoms with E-state index in [1.165, 1.54) is 29.6 Å². The molecule has 106 valence electrons. The van der Waals surface area contributed by atoms with Gasteiger partial charge in [0.05, 0.1) is 5.52 Å². The number of pyridine rings is 1. The number of hydrogen-bond acceptors (Lipinski definition) is 2. The fraction of sp³-hybridized carbons (Fsp3) is 0.471. The molecule has 0 bridgehead atoms. The summed E-state index contributed by atoms with van der Waals surface area (Å²) < 4.78 is 0. The van der Waals surface area contributed by atoms with Crippen LogP contribution in [0.1, 0.15) is 32.3 Å². The summed E-state index contributed by atoms with van der Waals surface area (Å²) >= 11 is 3.63. The number of fused-ring (bicyclic) bond motifs is 1. The summed E-state index contributed by atoms with van der Waals surface area (Å²) in [5, 5.41) is 2.09. The minimum Gasteiger partial charge on any atom is -0.353 e. The minimum absolute atomic E-state index is 0.659. The Balaban J connectivity index is 2.07. The van der Waals surface area contributed by atoms with Crippen molar-refractivity contribution in [2.75, 3.05) is 11.4 Å². The molecule has 1 heterocycles. The third-order valence-electron chi connectivity index (χ3n) is 3.75. The Labute approximate surface area is 129 Å². The van der Waals surface area contributed by atoms with Crippen LogP contribution in [0.15, 0.2) is 30.3 Å². The summed E-state index contributed by atoms with van der Waals surface area (Å²) in [5.74, 6) is 1.84. The van der Waals surface area contributed by atoms with E-state index in [0.717, 1.165) is 17.4 Å². The largest absolute Gasteiger partial charge is 0.353 e. The third kappa shape index (κ3) is 2.83. The van der Waals surface area contributed by atoms with E-state index in [1.807, 2.05) is 0 Å². The normalized spacial score (nSPS) is 15.0. The molecule has 1 aromatic carbocycles. The van der Waals surface area contributed by atoms with Crippen molar-refractivity contribution in [1.29, 1.82) is 0 Å². The molecule has 0 radical (unpaired) electrons. The Bertz CT molecular complexity index is 605. The molecule has 1 aliphatic carbocycles. The fourth-order valence-corrected chi connectivity index (χ4v) is 3.10. The number of para-hydroxylation sites is 1. The summed E-state index contributed by atoms with van der Waals surface area (Å²) in [6.07, 6.45) is 2.62. The van der Waals surface area contributed by atoms with Crippen LogP contribution >= 0.6 is 15.9 Å². The average Bonchev–Trinajstić information content (AvgIpc) is 3.27. The van der Waals surface area contributed by atoms with Crippen LogP contribution in [0.5, 0.6) is 0 Å². The third-order valence-corrected chi connectivity index (χ3v) is 4.35. The van der Waals surface area contributed by atoms with E-state index >= 15 is 0 Å². The molecule has 0 amide bonds. The van der Waals surface area contributed by atoms with Crippen molar-refractivity contribution in [2.24, 2.45) is 5.92 Å². The van der Waals surface area contributed by atoms with Crippen molar-refractivity contribution < 1.29 is 0 Å². The van der Waals surface area contributed by atoms with Crippen LogP contribution < -0.4 is 4.90 Å². The topological polar surface area (TPSA) is 16.1 Å². The van der Waals surface area contributed by atoms with E-state index < -0.39 is 0 Å². The van der Waals surface area contributed by atoms with Crippen molar-refractivity contribution in [3.05, 3.63) is 35.9 Å². The molecule has 0 atom stereocenters. The maximum absolute atomic E-state index is 4.96. The Morgan fingerprint density at radius 3 is 2.70 bits per heavy atom. The lowest BCUT2D eigenvalue weighted by Gasteiger charge is -2.27. The number of benzene rings is 1. The van der Waals surface area contributed by atoms with Crippen molar-refractivity contribution in [1.82, 2.24) is 4.98 Å². The molecule has 2 aromatic rings. The number of alkyl halides is 1. The van der Waals surface area contributed by atoms with E-state index in [2.05, 4.69) is 65.0 Å². The van der Waals surface area contributed by atoms with Crippen molar-refractivity contribution >= 4 is 32.7 Å². The summed E-state index contributed by atoms with van der Waals surface area (Å²) in [6, 6.07) is 11.4. The molecule has 1 fully saturated rings. The maximum atomic E-state index is 4.96. The second kappa shape index (κ2) is 5.72. The first-order chi connectivity index (χ1) is 9.69. The molecule has 1 aromatic heterocycles. The van der Waals surface area contributed by atoms with Gasteiger partial charge in [0.25, 0.3) is 0 Å². The standard InChI is InChI=1S/C17H21BrN2/c1-12(2)11-20(15-7-8-15)17-14(10-18)9-13-5-3-4-6-16(13)19-17/h3-6,9,12,15H,7-8,10-11H2,1-2H3. The molecule has 0 unspecified atom stereocenters. The Morgan fingerprint density at radius 2 is 2.05 bits per heavy atom. The van der Waals surface area contributed by atoms with E-state index in [4.69, 9.17) is 4.98 Å². The monoisotopic (exact) mass is 332 g/mol. The highest BCUT2D eigenvalue weighted by molar-refractivity contribution is 9.08. The number of rotatable bonds is 5. The molecule has 20 heavy (non-hydrogen) atoms. The molecule has 1 aliphatic rings. The zero-order valence-corrected chi connectivity index (χ0v) is 13.7. The first-order valence-electron chi connectivity index (χ1n) is 7.40. The number of halogens is 1. The Hall–Kier alpha value is -1.09. The summed E-state index contributed by atoms with van der Waals surface area (Å²) in [7, 11) is 0. The van der Waals surface area contributed by atoms with E-state index in [-0.39, 0.29) is 0 Å². The van der Waals surface area contributed by atoms with Crippen molar-refractivity contribution in [3.63, 3.8) is 0 Å². The first-order valence-corrected chi connectivity index (χ1v) is 8.52. The van der Waals surface area contributed by atoms with Gasteiger partial charge >= 0.3 is 0 Å². The highest BCUT2D eigenvalue weighted by Gasteiger charge is 2.31. The molecule has 0 N–H and O–H groups in total. The first kappa shape index (κ1) is 13.9. The molecule has 3 heteroatoms. The quantitative estimate of drug-likeness (QED) is 0.734. The Kier molecular flexibility index (Phi) is 3.97. The fourth-order valence-electron chi connectivity index (χ4n) is 2.68. The second-order valence-electron chi connectivity index (χ2n) is 6.07. The summed E-state index contributed by atoms with van der Waals surface area (Å²) in [6.45, 7) is 5.66. The predicted octanol–water partition coefficient (Wildman–Crippen LogP) is 4.75. The maximum Gasteiger partial charge on any atom is 0.133 e. The molecule has 3 rings (SSSR count). The van der Waals surface area contributed by atoms with Gasteiger partial charge in [-0.15, -0.1) is 0 Å². The van der Waals surface area contributed by atoms with Gasteiger partial charge in [0.1, 0.15) is 5.82 Å². The smallest absolute Gasteiger partial charge is 0.133 e. The lowest BCUT2D eigenvalue weighted by atomic mass is 10.1. The van der Waals surface area contributed by atoms with Crippen LogP contribution in [0.25, 0.3) is 10.9 Å². The van der Waals surface area contributed by atoms with Crippen molar-refractivity contribution in [2.45, 2.75) is 38.1 Å². The van der Waals surface area contributed by atoms with Crippen LogP contribution in [0.2, 0.25) is 0 Å². The summed E-state index contributed by atoms with van der Waals surface area (Å²) in [4.78, 5) is 7.48. The summed E-state index contributed by atoms with van der Waals surface area (Å²) in [5.41, 5.74) is 2.40. The SMILES string of the molecule is CC(C)CN(c1nc2ccccc2cc1CBr)C1CC1. The molecular formula is C17H21BrN2. The second-order valence-corrected chi connectivity index (χ2v) is 6.64.